The van der Waals surface area contributed by atoms with Crippen molar-refractivity contribution in [3.8, 4) is 0 Å². The molecule has 0 heterocycles. The van der Waals surface area contributed by atoms with Crippen LogP contribution < -0.4 is 8.92 Å². The van der Waals surface area contributed by atoms with Crippen molar-refractivity contribution in [1.29, 1.82) is 0 Å². The van der Waals surface area contributed by atoms with Gasteiger partial charge in [-0.3, -0.25) is 0 Å². The van der Waals surface area contributed by atoms with E-state index in [0.717, 1.165) is 20.1 Å². The van der Waals surface area contributed by atoms with Crippen molar-refractivity contribution in [2.45, 2.75) is 63.4 Å². The van der Waals surface area contributed by atoms with Gasteiger partial charge in [0.25, 0.3) is 0 Å². The van der Waals surface area contributed by atoms with Gasteiger partial charge in [0.15, 0.2) is 0 Å². The van der Waals surface area contributed by atoms with Gasteiger partial charge in [0, 0.05) is 0 Å². The van der Waals surface area contributed by atoms with E-state index in [0.29, 0.717) is 50.2 Å². The topological polar surface area (TPSA) is 114 Å². The van der Waals surface area contributed by atoms with Crippen LogP contribution in [0, 0.1) is 25.7 Å². The molecule has 0 aliphatic carbocycles. The van der Waals surface area contributed by atoms with E-state index < -0.39 is 20.2 Å². The number of rotatable bonds is 11. The van der Waals surface area contributed by atoms with Gasteiger partial charge in [0.1, 0.15) is 20.2 Å². The van der Waals surface area contributed by atoms with Crippen molar-refractivity contribution in [2.75, 3.05) is 42.3 Å². The van der Waals surface area contributed by atoms with Crippen LogP contribution in [0.15, 0.2) is 107 Å². The van der Waals surface area contributed by atoms with Crippen LogP contribution in [0.5, 0.6) is 0 Å². The van der Waals surface area contributed by atoms with E-state index >= 15 is 0 Å². The fourth-order valence-corrected chi connectivity index (χ4v) is 14.8. The predicted octanol–water partition coefficient (Wildman–Crippen LogP) is 5.57. The van der Waals surface area contributed by atoms with Gasteiger partial charge in [0.2, 0.25) is 0 Å². The van der Waals surface area contributed by atoms with E-state index in [2.05, 4.69) is 119 Å². The summed E-state index contributed by atoms with van der Waals surface area (Å²) >= 11 is 0.961. The Balaban J connectivity index is 0.000000344. The fourth-order valence-electron chi connectivity index (χ4n) is 6.44. The average molecular weight is 883 g/mol. The minimum absolute atomic E-state index is 0.178. The molecular weight excluding hydrogens is 827 g/mol. The summed E-state index contributed by atoms with van der Waals surface area (Å²) < 4.78 is 67.5. The Morgan fingerprint density at radius 2 is 0.750 bits per heavy atom. The quantitative estimate of drug-likeness (QED) is 0.111. The molecule has 286 valence electrons. The molecule has 0 aliphatic rings. The maximum Gasteiger partial charge on any atom is 0.124 e. The largest absolute Gasteiger partial charge is 0.744 e. The summed E-state index contributed by atoms with van der Waals surface area (Å²) in [6.45, 7) is 13.1. The summed E-state index contributed by atoms with van der Waals surface area (Å²) in [7, 11) is 5.48. The van der Waals surface area contributed by atoms with Gasteiger partial charge in [-0.2, -0.15) is 0 Å². The molecule has 0 aromatic heterocycles. The van der Waals surface area contributed by atoms with Crippen molar-refractivity contribution >= 4 is 55.4 Å². The molecule has 4 aromatic rings. The standard InChI is InChI=1S/C26H42N2Se2.2C7H8O3S/c1-19(2)25(27(5,6)7)21-15-11-13-17-23(21)29-30-24-18-14-12-16-22(24)26(20(3)4)28(8,9)10;2*1-6-2-4-7(5-3-6)11(8,9)10/h11-20,25-26H,1-10H3;2*2-5H,1H3,(H,8,9,10)/q+2;;/p-2. The average Bonchev–Trinajstić information content (AvgIpc) is 3.00. The zero-order valence-corrected chi connectivity index (χ0v) is 37.6. The van der Waals surface area contributed by atoms with E-state index in [4.69, 9.17) is 0 Å². The van der Waals surface area contributed by atoms with Crippen LogP contribution in [-0.2, 0) is 20.2 Å². The summed E-state index contributed by atoms with van der Waals surface area (Å²) in [4.78, 5) is -0.355. The Morgan fingerprint density at radius 3 is 0.981 bits per heavy atom. The minimum atomic E-state index is -4.27. The van der Waals surface area contributed by atoms with Gasteiger partial charge >= 0.3 is 198 Å². The van der Waals surface area contributed by atoms with Crippen molar-refractivity contribution in [3.63, 3.8) is 0 Å². The molecule has 2 unspecified atom stereocenters. The molecule has 0 saturated heterocycles. The summed E-state index contributed by atoms with van der Waals surface area (Å²) in [5.41, 5.74) is 4.98. The molecule has 0 aliphatic heterocycles. The van der Waals surface area contributed by atoms with Crippen LogP contribution in [-0.4, -0.2) is 103 Å². The molecular formula is C40H56N2O6S2Se2. The summed E-state index contributed by atoms with van der Waals surface area (Å²) in [6, 6.07) is 31.1. The molecule has 8 nitrogen and oxygen atoms in total. The number of hydrogen-bond donors (Lipinski definition) is 0. The molecule has 0 saturated carbocycles. The number of hydrogen-bond acceptors (Lipinski definition) is 6. The first kappa shape index (κ1) is 45.8. The summed E-state index contributed by atoms with van der Waals surface area (Å²) in [5, 5.41) is 0. The van der Waals surface area contributed by atoms with Crippen LogP contribution >= 0.6 is 0 Å². The Labute approximate surface area is 325 Å². The molecule has 0 N–H and O–H groups in total. The van der Waals surface area contributed by atoms with Crippen molar-refractivity contribution in [1.82, 2.24) is 0 Å². The Bertz CT molecular complexity index is 1790. The first-order chi connectivity index (χ1) is 23.8. The van der Waals surface area contributed by atoms with E-state index in [9.17, 15) is 25.9 Å². The van der Waals surface area contributed by atoms with Crippen LogP contribution in [0.4, 0.5) is 0 Å². The van der Waals surface area contributed by atoms with Gasteiger partial charge in [-0.05, 0) is 38.1 Å². The molecule has 0 spiro atoms. The molecule has 4 aromatic carbocycles. The normalized spacial score (nSPS) is 13.5. The second kappa shape index (κ2) is 19.3. The van der Waals surface area contributed by atoms with E-state index in [1.807, 2.05) is 13.8 Å². The van der Waals surface area contributed by atoms with Gasteiger partial charge in [-0.1, -0.05) is 35.4 Å². The third-order valence-corrected chi connectivity index (χ3v) is 17.3. The Kier molecular flexibility index (Phi) is 17.0. The smallest absolute Gasteiger partial charge is 0.124 e. The molecule has 0 amide bonds. The third kappa shape index (κ3) is 14.5. The zero-order valence-electron chi connectivity index (χ0n) is 32.5. The second-order valence-corrected chi connectivity index (χ2v) is 24.3. The second-order valence-electron chi connectivity index (χ2n) is 15.4. The number of aryl methyl sites for hydroxylation is 2. The number of benzene rings is 4. The van der Waals surface area contributed by atoms with Crippen molar-refractivity contribution in [3.05, 3.63) is 119 Å². The predicted molar refractivity (Wildman–Crippen MR) is 213 cm³/mol. The first-order valence-electron chi connectivity index (χ1n) is 17.0. The molecule has 52 heavy (non-hydrogen) atoms. The molecule has 2 atom stereocenters. The maximum absolute atomic E-state index is 10.4. The van der Waals surface area contributed by atoms with Gasteiger partial charge < -0.3 is 9.11 Å². The van der Waals surface area contributed by atoms with Crippen molar-refractivity contribution in [2.24, 2.45) is 11.8 Å². The SMILES string of the molecule is CC(C)C(c1ccccc1[Se][Se]c1ccccc1C(C(C)C)[N+](C)(C)C)[N+](C)(C)C.Cc1ccc(S(=O)(=O)[O-])cc1.Cc1ccc(S(=O)(=O)[O-])cc1. The number of nitrogens with zero attached hydrogens (tertiary/aromatic N) is 2. The Hall–Kier alpha value is -2.34. The first-order valence-corrected chi connectivity index (χ1v) is 25.9. The molecule has 0 fully saturated rings. The summed E-state index contributed by atoms with van der Waals surface area (Å²) in [5.74, 6) is 1.23. The van der Waals surface area contributed by atoms with Gasteiger partial charge in [-0.15, -0.1) is 0 Å². The third-order valence-electron chi connectivity index (χ3n) is 8.25. The van der Waals surface area contributed by atoms with Crippen LogP contribution in [0.1, 0.15) is 62.0 Å². The zero-order chi connectivity index (χ0) is 39.7. The van der Waals surface area contributed by atoms with E-state index in [-0.39, 0.29) is 9.79 Å². The van der Waals surface area contributed by atoms with Gasteiger partial charge in [0.05, 0.1) is 9.79 Å². The monoisotopic (exact) mass is 884 g/mol. The minimum Gasteiger partial charge on any atom is -0.744 e. The molecule has 4 rings (SSSR count). The van der Waals surface area contributed by atoms with Crippen molar-refractivity contribution < 1.29 is 34.9 Å². The van der Waals surface area contributed by atoms with E-state index in [1.54, 1.807) is 44.3 Å². The van der Waals surface area contributed by atoms with Crippen LogP contribution in [0.2, 0.25) is 0 Å². The van der Waals surface area contributed by atoms with Gasteiger partial charge in [-0.25, -0.2) is 16.8 Å². The number of quaternary nitrogens is 2. The maximum atomic E-state index is 10.4. The van der Waals surface area contributed by atoms with E-state index in [1.165, 1.54) is 24.3 Å². The van der Waals surface area contributed by atoms with Crippen LogP contribution in [0.3, 0.4) is 0 Å². The summed E-state index contributed by atoms with van der Waals surface area (Å²) in [6.07, 6.45) is 0. The molecule has 0 radical (unpaired) electrons. The van der Waals surface area contributed by atoms with Crippen LogP contribution in [0.25, 0.3) is 0 Å². The molecule has 0 bridgehead atoms. The fraction of sp³-hybridized carbons (Fsp3) is 0.400. The Morgan fingerprint density at radius 1 is 0.481 bits per heavy atom. The molecule has 12 heteroatoms.